The van der Waals surface area contributed by atoms with Crippen molar-refractivity contribution in [2.45, 2.75) is 38.6 Å². The molecule has 106 valence electrons. The van der Waals surface area contributed by atoms with Crippen molar-refractivity contribution in [3.63, 3.8) is 0 Å². The minimum atomic E-state index is -0.0535. The van der Waals surface area contributed by atoms with Crippen molar-refractivity contribution in [1.29, 1.82) is 0 Å². The summed E-state index contributed by atoms with van der Waals surface area (Å²) in [5.74, 6) is 0.587. The van der Waals surface area contributed by atoms with Crippen LogP contribution in [0.15, 0.2) is 24.5 Å². The molecule has 0 spiro atoms. The zero-order chi connectivity index (χ0) is 13.9. The third-order valence-corrected chi connectivity index (χ3v) is 3.65. The number of aromatic nitrogens is 2. The fraction of sp³-hybridized carbons (Fsp3) is 0.467. The molecular weight excluding hydrogens is 254 g/mol. The molecule has 0 bridgehead atoms. The summed E-state index contributed by atoms with van der Waals surface area (Å²) >= 11 is 0. The predicted octanol–water partition coefficient (Wildman–Crippen LogP) is 2.08. The number of amides is 1. The molecule has 1 saturated carbocycles. The first-order valence-corrected chi connectivity index (χ1v) is 7.09. The van der Waals surface area contributed by atoms with Crippen LogP contribution in [0, 0.1) is 6.92 Å². The van der Waals surface area contributed by atoms with Crippen molar-refractivity contribution in [1.82, 2.24) is 14.7 Å². The van der Waals surface area contributed by atoms with E-state index in [4.69, 9.17) is 4.74 Å². The summed E-state index contributed by atoms with van der Waals surface area (Å²) in [4.78, 5) is 16.3. The molecular formula is C15H19N3O2. The van der Waals surface area contributed by atoms with E-state index in [0.29, 0.717) is 11.8 Å². The predicted molar refractivity (Wildman–Crippen MR) is 75.8 cm³/mol. The van der Waals surface area contributed by atoms with E-state index in [9.17, 15) is 4.79 Å². The molecule has 0 unspecified atom stereocenters. The molecule has 2 aromatic rings. The van der Waals surface area contributed by atoms with Crippen molar-refractivity contribution in [3.05, 3.63) is 30.2 Å². The summed E-state index contributed by atoms with van der Waals surface area (Å²) in [7, 11) is 0. The highest BCUT2D eigenvalue weighted by Gasteiger charge is 2.17. The zero-order valence-corrected chi connectivity index (χ0v) is 11.6. The molecule has 0 saturated heterocycles. The van der Waals surface area contributed by atoms with Gasteiger partial charge in [0.05, 0.1) is 5.69 Å². The second kappa shape index (κ2) is 5.53. The van der Waals surface area contributed by atoms with Gasteiger partial charge in [0.1, 0.15) is 0 Å². The van der Waals surface area contributed by atoms with Crippen LogP contribution in [-0.2, 0) is 4.79 Å². The Kier molecular flexibility index (Phi) is 3.58. The molecule has 5 heteroatoms. The van der Waals surface area contributed by atoms with Gasteiger partial charge >= 0.3 is 0 Å². The van der Waals surface area contributed by atoms with Gasteiger partial charge in [-0.2, -0.15) is 0 Å². The Bertz CT molecular complexity index is 615. The summed E-state index contributed by atoms with van der Waals surface area (Å²) in [5, 5.41) is 3.01. The molecule has 5 nitrogen and oxygen atoms in total. The fourth-order valence-corrected chi connectivity index (χ4v) is 2.71. The Labute approximate surface area is 118 Å². The molecule has 1 aliphatic rings. The van der Waals surface area contributed by atoms with E-state index in [1.54, 1.807) is 0 Å². The van der Waals surface area contributed by atoms with Crippen molar-refractivity contribution in [3.8, 4) is 5.75 Å². The molecule has 3 rings (SSSR count). The highest BCUT2D eigenvalue weighted by atomic mass is 16.5. The Balaban J connectivity index is 1.63. The lowest BCUT2D eigenvalue weighted by Crippen LogP contribution is -2.36. The number of imidazole rings is 1. The second-order valence-electron chi connectivity index (χ2n) is 5.32. The quantitative estimate of drug-likeness (QED) is 0.928. The molecule has 1 fully saturated rings. The molecule has 2 heterocycles. The van der Waals surface area contributed by atoms with Crippen LogP contribution in [0.1, 0.15) is 31.4 Å². The first-order valence-electron chi connectivity index (χ1n) is 7.09. The van der Waals surface area contributed by atoms with E-state index in [1.807, 2.05) is 35.9 Å². The highest BCUT2D eigenvalue weighted by Crippen LogP contribution is 2.19. The van der Waals surface area contributed by atoms with E-state index in [-0.39, 0.29) is 12.5 Å². The maximum Gasteiger partial charge on any atom is 0.258 e. The molecule has 1 aliphatic carbocycles. The topological polar surface area (TPSA) is 55.6 Å². The summed E-state index contributed by atoms with van der Waals surface area (Å²) < 4.78 is 7.51. The summed E-state index contributed by atoms with van der Waals surface area (Å²) in [6.07, 6.45) is 8.43. The molecule has 0 atom stereocenters. The van der Waals surface area contributed by atoms with Crippen LogP contribution in [0.5, 0.6) is 5.75 Å². The average molecular weight is 273 g/mol. The van der Waals surface area contributed by atoms with Crippen LogP contribution < -0.4 is 10.1 Å². The standard InChI is InChI=1S/C15H19N3O2/c1-11-9-18-8-4-7-13(15(18)16-11)20-10-14(19)17-12-5-2-3-6-12/h4,7-9,12H,2-3,5-6,10H2,1H3,(H,17,19). The Morgan fingerprint density at radius 1 is 1.50 bits per heavy atom. The molecule has 0 aromatic carbocycles. The van der Waals surface area contributed by atoms with Crippen molar-refractivity contribution in [2.24, 2.45) is 0 Å². The SMILES string of the molecule is Cc1cn2cccc(OCC(=O)NC3CCCC3)c2n1. The van der Waals surface area contributed by atoms with Crippen LogP contribution in [0.2, 0.25) is 0 Å². The lowest BCUT2D eigenvalue weighted by molar-refractivity contribution is -0.123. The number of rotatable bonds is 4. The number of ether oxygens (including phenoxy) is 1. The second-order valence-corrected chi connectivity index (χ2v) is 5.32. The number of nitrogens with one attached hydrogen (secondary N) is 1. The van der Waals surface area contributed by atoms with Crippen molar-refractivity contribution in [2.75, 3.05) is 6.61 Å². The number of hydrogen-bond acceptors (Lipinski definition) is 3. The first kappa shape index (κ1) is 13.0. The Morgan fingerprint density at radius 2 is 2.30 bits per heavy atom. The van der Waals surface area contributed by atoms with Crippen LogP contribution in [0.3, 0.4) is 0 Å². The average Bonchev–Trinajstić information content (AvgIpc) is 3.04. The van der Waals surface area contributed by atoms with Gasteiger partial charge in [-0.1, -0.05) is 12.8 Å². The van der Waals surface area contributed by atoms with Crippen LogP contribution in [0.25, 0.3) is 5.65 Å². The number of hydrogen-bond donors (Lipinski definition) is 1. The number of carbonyl (C=O) groups excluding carboxylic acids is 1. The molecule has 0 aliphatic heterocycles. The van der Waals surface area contributed by atoms with Gasteiger partial charge in [-0.25, -0.2) is 4.98 Å². The maximum atomic E-state index is 11.9. The van der Waals surface area contributed by atoms with E-state index in [0.717, 1.165) is 24.2 Å². The van der Waals surface area contributed by atoms with Crippen LogP contribution >= 0.6 is 0 Å². The lowest BCUT2D eigenvalue weighted by atomic mass is 10.2. The number of carbonyl (C=O) groups is 1. The van der Waals surface area contributed by atoms with Gasteiger partial charge in [-0.3, -0.25) is 4.79 Å². The van der Waals surface area contributed by atoms with Gasteiger partial charge in [0, 0.05) is 18.4 Å². The zero-order valence-electron chi connectivity index (χ0n) is 11.6. The molecule has 1 N–H and O–H groups in total. The highest BCUT2D eigenvalue weighted by molar-refractivity contribution is 5.78. The van der Waals surface area contributed by atoms with E-state index in [2.05, 4.69) is 10.3 Å². The summed E-state index contributed by atoms with van der Waals surface area (Å²) in [6.45, 7) is 1.98. The van der Waals surface area contributed by atoms with Crippen molar-refractivity contribution < 1.29 is 9.53 Å². The number of nitrogens with zero attached hydrogens (tertiary/aromatic N) is 2. The Hall–Kier alpha value is -2.04. The lowest BCUT2D eigenvalue weighted by Gasteiger charge is -2.12. The monoisotopic (exact) mass is 273 g/mol. The molecule has 2 aromatic heterocycles. The Morgan fingerprint density at radius 3 is 3.10 bits per heavy atom. The molecule has 0 radical (unpaired) electrons. The van der Waals surface area contributed by atoms with Gasteiger partial charge < -0.3 is 14.5 Å². The summed E-state index contributed by atoms with van der Waals surface area (Å²) in [6, 6.07) is 4.05. The van der Waals surface area contributed by atoms with Gasteiger partial charge in [-0.05, 0) is 31.9 Å². The van der Waals surface area contributed by atoms with Gasteiger partial charge in [0.25, 0.3) is 5.91 Å². The summed E-state index contributed by atoms with van der Waals surface area (Å²) in [5.41, 5.74) is 1.68. The van der Waals surface area contributed by atoms with Crippen molar-refractivity contribution >= 4 is 11.6 Å². The number of fused-ring (bicyclic) bond motifs is 1. The third kappa shape index (κ3) is 2.76. The largest absolute Gasteiger partial charge is 0.480 e. The molecule has 20 heavy (non-hydrogen) atoms. The van der Waals surface area contributed by atoms with Gasteiger partial charge in [-0.15, -0.1) is 0 Å². The van der Waals surface area contributed by atoms with Gasteiger partial charge in [0.15, 0.2) is 18.0 Å². The van der Waals surface area contributed by atoms with E-state index < -0.39 is 0 Å². The van der Waals surface area contributed by atoms with Crippen LogP contribution in [0.4, 0.5) is 0 Å². The first-order chi connectivity index (χ1) is 9.72. The fourth-order valence-electron chi connectivity index (χ4n) is 2.71. The maximum absolute atomic E-state index is 11.9. The minimum absolute atomic E-state index is 0.0437. The minimum Gasteiger partial charge on any atom is -0.480 e. The smallest absolute Gasteiger partial charge is 0.258 e. The number of aryl methyl sites for hydroxylation is 1. The van der Waals surface area contributed by atoms with E-state index >= 15 is 0 Å². The van der Waals surface area contributed by atoms with Gasteiger partial charge in [0.2, 0.25) is 0 Å². The normalized spacial score (nSPS) is 15.7. The number of pyridine rings is 1. The van der Waals surface area contributed by atoms with E-state index in [1.165, 1.54) is 12.8 Å². The molecule has 1 amide bonds. The van der Waals surface area contributed by atoms with Crippen LogP contribution in [-0.4, -0.2) is 27.9 Å². The third-order valence-electron chi connectivity index (χ3n) is 3.65.